The second kappa shape index (κ2) is 5.03. The van der Waals surface area contributed by atoms with Gasteiger partial charge >= 0.3 is 0 Å². The fourth-order valence-electron chi connectivity index (χ4n) is 1.49. The maximum atomic E-state index is 6.09. The Morgan fingerprint density at radius 1 is 1.38 bits per heavy atom. The zero-order valence-corrected chi connectivity index (χ0v) is 9.76. The number of hydrogen-bond donors (Lipinski definition) is 0. The molecule has 4 heteroatoms. The van der Waals surface area contributed by atoms with Crippen LogP contribution in [0.5, 0.6) is 5.75 Å². The van der Waals surface area contributed by atoms with E-state index in [0.29, 0.717) is 0 Å². The van der Waals surface area contributed by atoms with Crippen LogP contribution in [0.15, 0.2) is 41.7 Å². The van der Waals surface area contributed by atoms with Crippen molar-refractivity contribution >= 4 is 17.8 Å². The first kappa shape index (κ1) is 11.0. The largest absolute Gasteiger partial charge is 0.497 e. The minimum Gasteiger partial charge on any atom is -0.497 e. The van der Waals surface area contributed by atoms with Gasteiger partial charge in [-0.05, 0) is 17.7 Å². The van der Waals surface area contributed by atoms with Crippen LogP contribution >= 0.6 is 11.6 Å². The van der Waals surface area contributed by atoms with Gasteiger partial charge in [0.05, 0.1) is 7.11 Å². The van der Waals surface area contributed by atoms with Crippen molar-refractivity contribution in [1.29, 1.82) is 0 Å². The van der Waals surface area contributed by atoms with Crippen LogP contribution in [-0.2, 0) is 6.54 Å². The van der Waals surface area contributed by atoms with E-state index in [1.54, 1.807) is 19.5 Å². The van der Waals surface area contributed by atoms with E-state index in [-0.39, 0.29) is 5.50 Å². The normalized spacial score (nSPS) is 18.9. The monoisotopic (exact) mass is 236 g/mol. The van der Waals surface area contributed by atoms with Gasteiger partial charge in [-0.1, -0.05) is 23.7 Å². The summed E-state index contributed by atoms with van der Waals surface area (Å²) < 4.78 is 5.11. The molecule has 3 nitrogen and oxygen atoms in total. The second-order valence-electron chi connectivity index (χ2n) is 3.49. The minimum absolute atomic E-state index is 0.174. The van der Waals surface area contributed by atoms with Gasteiger partial charge in [-0.3, -0.25) is 4.99 Å². The van der Waals surface area contributed by atoms with Crippen LogP contribution in [0.25, 0.3) is 0 Å². The smallest absolute Gasteiger partial charge is 0.140 e. The molecule has 0 amide bonds. The van der Waals surface area contributed by atoms with Crippen molar-refractivity contribution in [3.8, 4) is 5.75 Å². The molecule has 1 atom stereocenters. The SMILES string of the molecule is COc1ccc(CN2C=CN=CC2Cl)cc1. The molecule has 1 unspecified atom stereocenters. The molecule has 1 aliphatic heterocycles. The number of methoxy groups -OCH3 is 1. The summed E-state index contributed by atoms with van der Waals surface area (Å²) in [5.41, 5.74) is 1.01. The van der Waals surface area contributed by atoms with Gasteiger partial charge in [-0.2, -0.15) is 0 Å². The fourth-order valence-corrected chi connectivity index (χ4v) is 1.69. The Morgan fingerprint density at radius 2 is 2.12 bits per heavy atom. The van der Waals surface area contributed by atoms with Crippen molar-refractivity contribution in [2.24, 2.45) is 4.99 Å². The number of aliphatic imine (C=N–C) groups is 1. The van der Waals surface area contributed by atoms with E-state index in [1.807, 2.05) is 35.4 Å². The quantitative estimate of drug-likeness (QED) is 0.595. The first-order valence-electron chi connectivity index (χ1n) is 5.02. The zero-order valence-electron chi connectivity index (χ0n) is 9.01. The van der Waals surface area contributed by atoms with Crippen LogP contribution in [0.1, 0.15) is 5.56 Å². The lowest BCUT2D eigenvalue weighted by atomic mass is 10.2. The third-order valence-corrected chi connectivity index (χ3v) is 2.76. The lowest BCUT2D eigenvalue weighted by molar-refractivity contribution is 0.389. The Kier molecular flexibility index (Phi) is 3.47. The average molecular weight is 237 g/mol. The van der Waals surface area contributed by atoms with Crippen molar-refractivity contribution < 1.29 is 4.74 Å². The highest BCUT2D eigenvalue weighted by Crippen LogP contribution is 2.16. The van der Waals surface area contributed by atoms with Crippen molar-refractivity contribution in [3.63, 3.8) is 0 Å². The molecule has 0 radical (unpaired) electrons. The topological polar surface area (TPSA) is 24.8 Å². The molecular formula is C12H13ClN2O. The maximum Gasteiger partial charge on any atom is 0.140 e. The van der Waals surface area contributed by atoms with Crippen LogP contribution in [0, 0.1) is 0 Å². The van der Waals surface area contributed by atoms with Gasteiger partial charge in [0.2, 0.25) is 0 Å². The molecule has 2 rings (SSSR count). The highest BCUT2D eigenvalue weighted by atomic mass is 35.5. The van der Waals surface area contributed by atoms with E-state index in [9.17, 15) is 0 Å². The van der Waals surface area contributed by atoms with Gasteiger partial charge < -0.3 is 9.64 Å². The fraction of sp³-hybridized carbons (Fsp3) is 0.250. The average Bonchev–Trinajstić information content (AvgIpc) is 2.33. The number of rotatable bonds is 3. The first-order valence-corrected chi connectivity index (χ1v) is 5.46. The number of benzene rings is 1. The molecule has 0 N–H and O–H groups in total. The molecule has 1 aliphatic rings. The third kappa shape index (κ3) is 2.55. The number of ether oxygens (including phenoxy) is 1. The van der Waals surface area contributed by atoms with E-state index in [4.69, 9.17) is 16.3 Å². The molecule has 1 aromatic rings. The molecule has 0 saturated heterocycles. The van der Waals surface area contributed by atoms with Crippen LogP contribution in [0.2, 0.25) is 0 Å². The van der Waals surface area contributed by atoms with Gasteiger partial charge in [-0.25, -0.2) is 0 Å². The lowest BCUT2D eigenvalue weighted by Gasteiger charge is -2.24. The summed E-state index contributed by atoms with van der Waals surface area (Å²) in [7, 11) is 1.66. The van der Waals surface area contributed by atoms with Crippen molar-refractivity contribution in [2.75, 3.05) is 7.11 Å². The van der Waals surface area contributed by atoms with Gasteiger partial charge in [0.1, 0.15) is 11.3 Å². The summed E-state index contributed by atoms with van der Waals surface area (Å²) in [6, 6.07) is 7.95. The van der Waals surface area contributed by atoms with Crippen LogP contribution in [-0.4, -0.2) is 23.7 Å². The predicted molar refractivity (Wildman–Crippen MR) is 65.8 cm³/mol. The van der Waals surface area contributed by atoms with Gasteiger partial charge in [0, 0.05) is 25.2 Å². The van der Waals surface area contributed by atoms with Gasteiger partial charge in [-0.15, -0.1) is 0 Å². The van der Waals surface area contributed by atoms with Crippen LogP contribution < -0.4 is 4.74 Å². The summed E-state index contributed by atoms with van der Waals surface area (Å²) in [6.07, 6.45) is 5.34. The number of nitrogens with zero attached hydrogens (tertiary/aromatic N) is 2. The molecule has 1 heterocycles. The Balaban J connectivity index is 2.03. The van der Waals surface area contributed by atoms with E-state index in [2.05, 4.69) is 4.99 Å². The van der Waals surface area contributed by atoms with Gasteiger partial charge in [0.15, 0.2) is 0 Å². The van der Waals surface area contributed by atoms with Crippen LogP contribution in [0.3, 0.4) is 0 Å². The summed E-state index contributed by atoms with van der Waals surface area (Å²) in [4.78, 5) is 5.99. The van der Waals surface area contributed by atoms with E-state index >= 15 is 0 Å². The summed E-state index contributed by atoms with van der Waals surface area (Å²) in [5.74, 6) is 0.863. The molecule has 0 aromatic heterocycles. The van der Waals surface area contributed by atoms with Crippen molar-refractivity contribution in [1.82, 2.24) is 4.90 Å². The number of hydrogen-bond acceptors (Lipinski definition) is 3. The summed E-state index contributed by atoms with van der Waals surface area (Å²) in [5, 5.41) is 0. The standard InChI is InChI=1S/C12H13ClN2O/c1-16-11-4-2-10(3-5-11)9-15-7-6-14-8-12(15)13/h2-8,12H,9H2,1H3. The Morgan fingerprint density at radius 3 is 2.75 bits per heavy atom. The molecule has 84 valence electrons. The minimum atomic E-state index is -0.174. The Labute approximate surface area is 100.0 Å². The maximum absolute atomic E-state index is 6.09. The number of alkyl halides is 1. The third-order valence-electron chi connectivity index (χ3n) is 2.39. The van der Waals surface area contributed by atoms with E-state index < -0.39 is 0 Å². The Bertz CT molecular complexity index is 400. The molecule has 0 bridgehead atoms. The molecule has 0 saturated carbocycles. The molecular weight excluding hydrogens is 224 g/mol. The molecule has 0 fully saturated rings. The highest BCUT2D eigenvalue weighted by Gasteiger charge is 2.12. The predicted octanol–water partition coefficient (Wildman–Crippen LogP) is 2.62. The van der Waals surface area contributed by atoms with Crippen molar-refractivity contribution in [3.05, 3.63) is 42.2 Å². The molecule has 16 heavy (non-hydrogen) atoms. The van der Waals surface area contributed by atoms with Gasteiger partial charge in [0.25, 0.3) is 0 Å². The molecule has 0 spiro atoms. The first-order chi connectivity index (χ1) is 7.79. The summed E-state index contributed by atoms with van der Waals surface area (Å²) >= 11 is 6.09. The molecule has 1 aromatic carbocycles. The summed E-state index contributed by atoms with van der Waals surface area (Å²) in [6.45, 7) is 0.765. The van der Waals surface area contributed by atoms with E-state index in [1.165, 1.54) is 5.56 Å². The second-order valence-corrected chi connectivity index (χ2v) is 3.94. The van der Waals surface area contributed by atoms with E-state index in [0.717, 1.165) is 12.3 Å². The Hall–Kier alpha value is -1.48. The number of halogens is 1. The zero-order chi connectivity index (χ0) is 11.4. The van der Waals surface area contributed by atoms with Crippen molar-refractivity contribution in [2.45, 2.75) is 12.0 Å². The van der Waals surface area contributed by atoms with Crippen LogP contribution in [0.4, 0.5) is 0 Å². The molecule has 0 aliphatic carbocycles. The highest BCUT2D eigenvalue weighted by molar-refractivity contribution is 6.28. The lowest BCUT2D eigenvalue weighted by Crippen LogP contribution is -2.28.